The highest BCUT2D eigenvalue weighted by Crippen LogP contribution is 2.37. The summed E-state index contributed by atoms with van der Waals surface area (Å²) in [5.41, 5.74) is -4.07. The fourth-order valence-corrected chi connectivity index (χ4v) is 2.43. The van der Waals surface area contributed by atoms with Crippen LogP contribution in [-0.4, -0.2) is 16.2 Å². The van der Waals surface area contributed by atoms with E-state index in [2.05, 4.69) is 9.97 Å². The summed E-state index contributed by atoms with van der Waals surface area (Å²) in [5.74, 6) is -1.56. The lowest BCUT2D eigenvalue weighted by Crippen LogP contribution is -2.16. The summed E-state index contributed by atoms with van der Waals surface area (Å²) in [6.45, 7) is 1.12. The fourth-order valence-electron chi connectivity index (χ4n) is 2.05. The number of nitriles is 1. The van der Waals surface area contributed by atoms with Gasteiger partial charge in [0.05, 0.1) is 11.3 Å². The van der Waals surface area contributed by atoms with Gasteiger partial charge in [-0.1, -0.05) is 17.8 Å². The molecule has 4 nitrogen and oxygen atoms in total. The zero-order valence-corrected chi connectivity index (χ0v) is 12.7. The second-order valence-corrected chi connectivity index (χ2v) is 5.32. The van der Waals surface area contributed by atoms with Gasteiger partial charge in [-0.15, -0.1) is 0 Å². The molecular formula is C14H9F4N3OS. The van der Waals surface area contributed by atoms with Crippen molar-refractivity contribution in [3.63, 3.8) is 0 Å². The summed E-state index contributed by atoms with van der Waals surface area (Å²) in [5, 5.41) is 9.10. The van der Waals surface area contributed by atoms with Crippen molar-refractivity contribution in [1.29, 1.82) is 5.26 Å². The Hall–Kier alpha value is -2.34. The lowest BCUT2D eigenvalue weighted by atomic mass is 9.99. The van der Waals surface area contributed by atoms with Crippen LogP contribution in [0.5, 0.6) is 0 Å². The standard InChI is InChI=1S/C14H9F4N3OS/c1-6-3-4-7(10(15)9(6)14(16,17)18)11-8(5-19)12(22)21-13(20-11)23-2/h3-4H,1-2H3,(H,20,21,22). The number of alkyl halides is 3. The van der Waals surface area contributed by atoms with Crippen LogP contribution >= 0.6 is 11.8 Å². The van der Waals surface area contributed by atoms with Crippen LogP contribution in [0.4, 0.5) is 17.6 Å². The van der Waals surface area contributed by atoms with Crippen LogP contribution in [0.1, 0.15) is 16.7 Å². The summed E-state index contributed by atoms with van der Waals surface area (Å²) >= 11 is 1.01. The molecule has 0 saturated heterocycles. The molecule has 0 saturated carbocycles. The minimum atomic E-state index is -4.90. The molecule has 0 aliphatic carbocycles. The first kappa shape index (κ1) is 17.0. The highest BCUT2D eigenvalue weighted by atomic mass is 32.2. The molecule has 1 aromatic carbocycles. The molecule has 0 radical (unpaired) electrons. The Morgan fingerprint density at radius 2 is 2.00 bits per heavy atom. The van der Waals surface area contributed by atoms with Crippen molar-refractivity contribution in [2.24, 2.45) is 0 Å². The average molecular weight is 343 g/mol. The third kappa shape index (κ3) is 3.07. The molecule has 0 fully saturated rings. The Kier molecular flexibility index (Phi) is 4.47. The second kappa shape index (κ2) is 6.04. The molecule has 1 N–H and O–H groups in total. The Morgan fingerprint density at radius 1 is 1.35 bits per heavy atom. The maximum Gasteiger partial charge on any atom is 0.419 e. The minimum absolute atomic E-state index is 0.0672. The van der Waals surface area contributed by atoms with E-state index in [0.717, 1.165) is 30.8 Å². The topological polar surface area (TPSA) is 69.5 Å². The molecule has 0 unspecified atom stereocenters. The molecule has 0 bridgehead atoms. The van der Waals surface area contributed by atoms with Crippen LogP contribution in [0.25, 0.3) is 11.3 Å². The fraction of sp³-hybridized carbons (Fsp3) is 0.214. The number of nitrogens with zero attached hydrogens (tertiary/aromatic N) is 2. The van der Waals surface area contributed by atoms with Crippen LogP contribution < -0.4 is 5.56 Å². The average Bonchev–Trinajstić information content (AvgIpc) is 2.45. The largest absolute Gasteiger partial charge is 0.419 e. The van der Waals surface area contributed by atoms with Crippen molar-refractivity contribution in [3.05, 3.63) is 45.0 Å². The molecule has 1 aromatic heterocycles. The van der Waals surface area contributed by atoms with Gasteiger partial charge in [0.1, 0.15) is 17.4 Å². The van der Waals surface area contributed by atoms with Gasteiger partial charge in [-0.3, -0.25) is 4.79 Å². The molecule has 0 amide bonds. The van der Waals surface area contributed by atoms with E-state index >= 15 is 0 Å². The Morgan fingerprint density at radius 3 is 2.52 bits per heavy atom. The van der Waals surface area contributed by atoms with E-state index in [-0.39, 0.29) is 10.7 Å². The number of hydrogen-bond donors (Lipinski definition) is 1. The zero-order chi connectivity index (χ0) is 17.4. The normalized spacial score (nSPS) is 11.3. The van der Waals surface area contributed by atoms with Crippen molar-refractivity contribution in [1.82, 2.24) is 9.97 Å². The number of H-pyrrole nitrogens is 1. The maximum atomic E-state index is 14.4. The van der Waals surface area contributed by atoms with Crippen molar-refractivity contribution < 1.29 is 17.6 Å². The third-order valence-corrected chi connectivity index (χ3v) is 3.67. The summed E-state index contributed by atoms with van der Waals surface area (Å²) in [6.07, 6.45) is -3.33. The van der Waals surface area contributed by atoms with E-state index in [1.165, 1.54) is 0 Å². The number of aromatic nitrogens is 2. The molecule has 2 aromatic rings. The number of thioether (sulfide) groups is 1. The predicted octanol–water partition coefficient (Wildman–Crippen LogP) is 3.50. The molecule has 2 rings (SSSR count). The van der Waals surface area contributed by atoms with Gasteiger partial charge in [-0.05, 0) is 24.8 Å². The summed E-state index contributed by atoms with van der Waals surface area (Å²) in [7, 11) is 0. The summed E-state index contributed by atoms with van der Waals surface area (Å²) in [4.78, 5) is 18.0. The van der Waals surface area contributed by atoms with Crippen LogP contribution in [0.2, 0.25) is 0 Å². The van der Waals surface area contributed by atoms with E-state index in [1.807, 2.05) is 0 Å². The van der Waals surface area contributed by atoms with Gasteiger partial charge in [0.25, 0.3) is 5.56 Å². The van der Waals surface area contributed by atoms with E-state index in [4.69, 9.17) is 5.26 Å². The molecule has 1 heterocycles. The molecule has 0 atom stereocenters. The van der Waals surface area contributed by atoms with Crippen LogP contribution in [-0.2, 0) is 6.18 Å². The summed E-state index contributed by atoms with van der Waals surface area (Å²) < 4.78 is 53.5. The van der Waals surface area contributed by atoms with Gasteiger partial charge in [-0.2, -0.15) is 18.4 Å². The second-order valence-electron chi connectivity index (χ2n) is 4.53. The van der Waals surface area contributed by atoms with Gasteiger partial charge in [0, 0.05) is 5.56 Å². The van der Waals surface area contributed by atoms with Gasteiger partial charge in [-0.25, -0.2) is 9.37 Å². The molecule has 9 heteroatoms. The monoisotopic (exact) mass is 343 g/mol. The molecule has 0 aliphatic heterocycles. The van der Waals surface area contributed by atoms with Gasteiger partial charge < -0.3 is 4.98 Å². The van der Waals surface area contributed by atoms with Gasteiger partial charge >= 0.3 is 6.18 Å². The highest BCUT2D eigenvalue weighted by Gasteiger charge is 2.37. The molecular weight excluding hydrogens is 334 g/mol. The number of nitrogens with one attached hydrogen (secondary N) is 1. The van der Waals surface area contributed by atoms with E-state index < -0.39 is 39.9 Å². The molecule has 120 valence electrons. The van der Waals surface area contributed by atoms with Crippen LogP contribution in [0.15, 0.2) is 22.1 Å². The Balaban J connectivity index is 2.87. The molecule has 23 heavy (non-hydrogen) atoms. The third-order valence-electron chi connectivity index (χ3n) is 3.09. The van der Waals surface area contributed by atoms with Gasteiger partial charge in [0.15, 0.2) is 5.16 Å². The van der Waals surface area contributed by atoms with Crippen molar-refractivity contribution >= 4 is 11.8 Å². The quantitative estimate of drug-likeness (QED) is 0.515. The van der Waals surface area contributed by atoms with Crippen LogP contribution in [0.3, 0.4) is 0 Å². The Bertz CT molecular complexity index is 868. The summed E-state index contributed by atoms with van der Waals surface area (Å²) in [6, 6.07) is 3.70. The SMILES string of the molecule is CSc1nc(-c2ccc(C)c(C(F)(F)F)c2F)c(C#N)c(=O)[nH]1. The highest BCUT2D eigenvalue weighted by molar-refractivity contribution is 7.98. The Labute approximate surface area is 132 Å². The zero-order valence-electron chi connectivity index (χ0n) is 11.9. The van der Waals surface area contributed by atoms with Crippen molar-refractivity contribution in [2.45, 2.75) is 18.3 Å². The van der Waals surface area contributed by atoms with E-state index in [0.29, 0.717) is 0 Å². The lowest BCUT2D eigenvalue weighted by molar-refractivity contribution is -0.140. The molecule has 0 aliphatic rings. The first-order valence-electron chi connectivity index (χ1n) is 6.15. The first-order valence-corrected chi connectivity index (χ1v) is 7.38. The van der Waals surface area contributed by atoms with Gasteiger partial charge in [0.2, 0.25) is 0 Å². The minimum Gasteiger partial charge on any atom is -0.300 e. The number of hydrogen-bond acceptors (Lipinski definition) is 4. The number of aryl methyl sites for hydroxylation is 1. The van der Waals surface area contributed by atoms with E-state index in [9.17, 15) is 22.4 Å². The molecule has 0 spiro atoms. The number of halogens is 4. The van der Waals surface area contributed by atoms with Crippen molar-refractivity contribution in [2.75, 3.05) is 6.26 Å². The van der Waals surface area contributed by atoms with E-state index in [1.54, 1.807) is 12.3 Å². The smallest absolute Gasteiger partial charge is 0.300 e. The number of benzene rings is 1. The first-order chi connectivity index (χ1) is 10.7. The number of aromatic amines is 1. The van der Waals surface area contributed by atoms with Crippen molar-refractivity contribution in [3.8, 4) is 17.3 Å². The lowest BCUT2D eigenvalue weighted by Gasteiger charge is -2.14. The number of rotatable bonds is 2. The predicted molar refractivity (Wildman–Crippen MR) is 76.5 cm³/mol. The maximum absolute atomic E-state index is 14.4. The van der Waals surface area contributed by atoms with Crippen LogP contribution in [0, 0.1) is 24.1 Å².